The van der Waals surface area contributed by atoms with E-state index in [9.17, 15) is 0 Å². The topological polar surface area (TPSA) is 38.7 Å². The number of rotatable bonds is 3. The lowest BCUT2D eigenvalue weighted by molar-refractivity contribution is 1.07. The third-order valence-electron chi connectivity index (χ3n) is 5.87. The molecule has 33 heavy (non-hydrogen) atoms. The van der Waals surface area contributed by atoms with Crippen LogP contribution >= 0.6 is 11.6 Å². The van der Waals surface area contributed by atoms with Gasteiger partial charge in [-0.15, -0.1) is 0 Å². The predicted octanol–water partition coefficient (Wildman–Crippen LogP) is 7.83. The summed E-state index contributed by atoms with van der Waals surface area (Å²) in [7, 11) is 0. The third-order valence-corrected chi connectivity index (χ3v) is 6.04. The smallest absolute Gasteiger partial charge is 0.208 e. The summed E-state index contributed by atoms with van der Waals surface area (Å²) in [6.07, 6.45) is 0. The molecule has 0 unspecified atom stereocenters. The molecule has 0 bridgehead atoms. The molecular weight excluding hydrogens is 426 g/mol. The highest BCUT2D eigenvalue weighted by molar-refractivity contribution is 6.28. The van der Waals surface area contributed by atoms with Gasteiger partial charge in [-0.1, -0.05) is 103 Å². The Hall–Kier alpha value is -4.08. The van der Waals surface area contributed by atoms with E-state index in [2.05, 4.69) is 76.7 Å². The largest absolute Gasteiger partial charge is 0.226 e. The van der Waals surface area contributed by atoms with Crippen molar-refractivity contribution >= 4 is 33.1 Å². The first-order valence-corrected chi connectivity index (χ1v) is 11.1. The van der Waals surface area contributed by atoms with E-state index in [-0.39, 0.29) is 5.28 Å². The average molecular weight is 444 g/mol. The summed E-state index contributed by atoms with van der Waals surface area (Å²) in [5.41, 5.74) is 4.22. The van der Waals surface area contributed by atoms with Gasteiger partial charge >= 0.3 is 0 Å². The van der Waals surface area contributed by atoms with Crippen LogP contribution in [-0.2, 0) is 0 Å². The molecule has 5 aromatic carbocycles. The number of aromatic nitrogens is 3. The molecule has 0 spiro atoms. The van der Waals surface area contributed by atoms with E-state index >= 15 is 0 Å². The lowest BCUT2D eigenvalue weighted by atomic mass is 9.98. The summed E-state index contributed by atoms with van der Waals surface area (Å²) in [6, 6.07) is 37.3. The van der Waals surface area contributed by atoms with Gasteiger partial charge < -0.3 is 0 Å². The van der Waals surface area contributed by atoms with Crippen LogP contribution in [0.3, 0.4) is 0 Å². The molecule has 0 radical (unpaired) electrons. The van der Waals surface area contributed by atoms with Crippen LogP contribution in [-0.4, -0.2) is 15.0 Å². The predicted molar refractivity (Wildman–Crippen MR) is 136 cm³/mol. The lowest BCUT2D eigenvalue weighted by Gasteiger charge is -2.10. The Kier molecular flexibility index (Phi) is 4.82. The Morgan fingerprint density at radius 1 is 0.455 bits per heavy atom. The Bertz CT molecular complexity index is 1620. The van der Waals surface area contributed by atoms with Crippen LogP contribution in [0.2, 0.25) is 5.28 Å². The zero-order valence-electron chi connectivity index (χ0n) is 17.6. The van der Waals surface area contributed by atoms with Gasteiger partial charge in [0.15, 0.2) is 11.6 Å². The maximum atomic E-state index is 6.40. The summed E-state index contributed by atoms with van der Waals surface area (Å²) < 4.78 is 0. The molecule has 6 rings (SSSR count). The molecule has 3 nitrogen and oxygen atoms in total. The van der Waals surface area contributed by atoms with Gasteiger partial charge in [0.25, 0.3) is 0 Å². The molecule has 0 saturated heterocycles. The number of nitrogens with zero attached hydrogens (tertiary/aromatic N) is 3. The first kappa shape index (κ1) is 19.6. The molecule has 0 saturated carbocycles. The Labute approximate surface area is 196 Å². The van der Waals surface area contributed by atoms with Gasteiger partial charge in [0, 0.05) is 11.1 Å². The first-order chi connectivity index (χ1) is 16.3. The molecule has 0 atom stereocenters. The van der Waals surface area contributed by atoms with Crippen molar-refractivity contribution in [3.8, 4) is 33.9 Å². The minimum absolute atomic E-state index is 0.181. The van der Waals surface area contributed by atoms with Crippen molar-refractivity contribution in [2.75, 3.05) is 0 Å². The maximum absolute atomic E-state index is 6.40. The second-order valence-electron chi connectivity index (χ2n) is 7.89. The second-order valence-corrected chi connectivity index (χ2v) is 8.22. The van der Waals surface area contributed by atoms with E-state index in [1.165, 1.54) is 11.1 Å². The molecular formula is C29H18ClN3. The Balaban J connectivity index is 1.51. The van der Waals surface area contributed by atoms with Crippen LogP contribution < -0.4 is 0 Å². The van der Waals surface area contributed by atoms with Crippen LogP contribution in [0.25, 0.3) is 55.4 Å². The average Bonchev–Trinajstić information content (AvgIpc) is 2.88. The third kappa shape index (κ3) is 3.63. The molecule has 0 aliphatic rings. The normalized spacial score (nSPS) is 11.2. The van der Waals surface area contributed by atoms with E-state index in [1.54, 1.807) is 0 Å². The van der Waals surface area contributed by atoms with E-state index in [1.807, 2.05) is 42.5 Å². The van der Waals surface area contributed by atoms with Crippen molar-refractivity contribution in [1.82, 2.24) is 15.0 Å². The molecule has 0 aliphatic carbocycles. The quantitative estimate of drug-likeness (QED) is 0.279. The van der Waals surface area contributed by atoms with Crippen LogP contribution in [0.15, 0.2) is 109 Å². The van der Waals surface area contributed by atoms with E-state index < -0.39 is 0 Å². The van der Waals surface area contributed by atoms with Crippen molar-refractivity contribution in [2.45, 2.75) is 0 Å². The fraction of sp³-hybridized carbons (Fsp3) is 0. The Morgan fingerprint density at radius 3 is 1.82 bits per heavy atom. The van der Waals surface area contributed by atoms with E-state index in [0.29, 0.717) is 11.6 Å². The highest BCUT2D eigenvalue weighted by Gasteiger charge is 2.14. The van der Waals surface area contributed by atoms with Gasteiger partial charge in [0.05, 0.1) is 0 Å². The van der Waals surface area contributed by atoms with Crippen LogP contribution in [0.5, 0.6) is 0 Å². The maximum Gasteiger partial charge on any atom is 0.226 e. The monoisotopic (exact) mass is 443 g/mol. The molecule has 4 heteroatoms. The van der Waals surface area contributed by atoms with Crippen LogP contribution in [0.4, 0.5) is 0 Å². The molecule has 1 aromatic heterocycles. The Morgan fingerprint density at radius 2 is 1.06 bits per heavy atom. The van der Waals surface area contributed by atoms with Crippen molar-refractivity contribution in [3.05, 3.63) is 114 Å². The minimum Gasteiger partial charge on any atom is -0.208 e. The molecule has 0 amide bonds. The number of hydrogen-bond donors (Lipinski definition) is 0. The summed E-state index contributed by atoms with van der Waals surface area (Å²) in [6.45, 7) is 0. The van der Waals surface area contributed by atoms with Gasteiger partial charge in [0.2, 0.25) is 5.28 Å². The summed E-state index contributed by atoms with van der Waals surface area (Å²) in [4.78, 5) is 13.8. The van der Waals surface area contributed by atoms with Crippen LogP contribution in [0.1, 0.15) is 0 Å². The van der Waals surface area contributed by atoms with Crippen molar-refractivity contribution < 1.29 is 0 Å². The number of benzene rings is 5. The molecule has 0 fully saturated rings. The van der Waals surface area contributed by atoms with Crippen molar-refractivity contribution in [1.29, 1.82) is 0 Å². The van der Waals surface area contributed by atoms with Gasteiger partial charge in [0.1, 0.15) is 0 Å². The molecule has 156 valence electrons. The highest BCUT2D eigenvalue weighted by atomic mass is 35.5. The van der Waals surface area contributed by atoms with E-state index in [4.69, 9.17) is 16.6 Å². The summed E-state index contributed by atoms with van der Waals surface area (Å²) >= 11 is 6.40. The lowest BCUT2D eigenvalue weighted by Crippen LogP contribution is -1.98. The molecule has 1 heterocycles. The van der Waals surface area contributed by atoms with Crippen LogP contribution in [0, 0.1) is 0 Å². The zero-order valence-corrected chi connectivity index (χ0v) is 18.4. The van der Waals surface area contributed by atoms with Gasteiger partial charge in [-0.05, 0) is 50.3 Å². The fourth-order valence-corrected chi connectivity index (χ4v) is 4.46. The summed E-state index contributed by atoms with van der Waals surface area (Å²) in [5, 5.41) is 4.59. The van der Waals surface area contributed by atoms with E-state index in [0.717, 1.165) is 32.7 Å². The number of hydrogen-bond acceptors (Lipinski definition) is 3. The SMILES string of the molecule is Clc1nc(-c2cccc3ccccc23)nc(-c2cccc3cc(-c4ccccc4)ccc23)n1. The fourth-order valence-electron chi connectivity index (χ4n) is 4.30. The number of halogens is 1. The van der Waals surface area contributed by atoms with Crippen molar-refractivity contribution in [2.24, 2.45) is 0 Å². The second kappa shape index (κ2) is 8.12. The van der Waals surface area contributed by atoms with Gasteiger partial charge in [-0.2, -0.15) is 9.97 Å². The number of fused-ring (bicyclic) bond motifs is 2. The van der Waals surface area contributed by atoms with Crippen molar-refractivity contribution in [3.63, 3.8) is 0 Å². The molecule has 6 aromatic rings. The van der Waals surface area contributed by atoms with Gasteiger partial charge in [-0.3, -0.25) is 0 Å². The summed E-state index contributed by atoms with van der Waals surface area (Å²) in [5.74, 6) is 1.13. The standard InChI is InChI=1S/C29H18ClN3/c30-29-32-27(25-14-6-11-20-10-4-5-13-23(20)25)31-28(33-29)26-15-7-12-22-18-21(16-17-24(22)26)19-8-2-1-3-9-19/h1-18H. The highest BCUT2D eigenvalue weighted by Crippen LogP contribution is 2.33. The molecule has 0 N–H and O–H groups in total. The minimum atomic E-state index is 0.181. The van der Waals surface area contributed by atoms with Gasteiger partial charge in [-0.25, -0.2) is 4.98 Å². The zero-order chi connectivity index (χ0) is 22.2. The first-order valence-electron chi connectivity index (χ1n) is 10.7. The molecule has 0 aliphatic heterocycles.